The van der Waals surface area contributed by atoms with Crippen molar-refractivity contribution in [1.82, 2.24) is 35.1 Å². The molecular formula is C29H19FN8O2. The summed E-state index contributed by atoms with van der Waals surface area (Å²) in [5.74, 6) is -0.390. The van der Waals surface area contributed by atoms with Gasteiger partial charge in [-0.05, 0) is 23.8 Å². The first-order chi connectivity index (χ1) is 19.6. The van der Waals surface area contributed by atoms with Gasteiger partial charge in [0.15, 0.2) is 11.5 Å². The van der Waals surface area contributed by atoms with Crippen molar-refractivity contribution in [3.8, 4) is 33.9 Å². The number of amides is 1. The van der Waals surface area contributed by atoms with E-state index in [9.17, 15) is 4.79 Å². The summed E-state index contributed by atoms with van der Waals surface area (Å²) in [5, 5.41) is 10.1. The number of H-pyrrole nitrogens is 2. The summed E-state index contributed by atoms with van der Waals surface area (Å²) in [6.07, 6.45) is 9.46. The lowest BCUT2D eigenvalue weighted by atomic mass is 10.1. The lowest BCUT2D eigenvalue weighted by Crippen LogP contribution is -2.14. The number of aromatic nitrogens is 7. The zero-order valence-electron chi connectivity index (χ0n) is 20.7. The van der Waals surface area contributed by atoms with E-state index in [2.05, 4.69) is 40.4 Å². The lowest BCUT2D eigenvalue weighted by Gasteiger charge is -2.08. The van der Waals surface area contributed by atoms with Gasteiger partial charge in [-0.1, -0.05) is 30.3 Å². The molecule has 0 aliphatic carbocycles. The average Bonchev–Trinajstić information content (AvgIpc) is 3.73. The number of pyridine rings is 3. The highest BCUT2D eigenvalue weighted by atomic mass is 19.1. The highest BCUT2D eigenvalue weighted by Crippen LogP contribution is 2.34. The maximum Gasteiger partial charge on any atom is 0.228 e. The molecule has 0 spiro atoms. The second kappa shape index (κ2) is 9.55. The number of aromatic amines is 2. The van der Waals surface area contributed by atoms with E-state index in [4.69, 9.17) is 4.42 Å². The van der Waals surface area contributed by atoms with Gasteiger partial charge in [-0.25, -0.2) is 14.4 Å². The number of anilines is 1. The van der Waals surface area contributed by atoms with Crippen molar-refractivity contribution in [3.05, 3.63) is 97.2 Å². The molecule has 0 aliphatic rings. The minimum absolute atomic E-state index is 0.174. The summed E-state index contributed by atoms with van der Waals surface area (Å²) in [6, 6.07) is 14.6. The van der Waals surface area contributed by atoms with Gasteiger partial charge in [-0.2, -0.15) is 5.10 Å². The number of imidazole rings is 1. The Morgan fingerprint density at radius 2 is 1.90 bits per heavy atom. The van der Waals surface area contributed by atoms with Gasteiger partial charge in [-0.3, -0.25) is 19.9 Å². The van der Waals surface area contributed by atoms with Crippen molar-refractivity contribution in [2.24, 2.45) is 0 Å². The second-order valence-corrected chi connectivity index (χ2v) is 9.11. The van der Waals surface area contributed by atoms with Crippen LogP contribution in [0.3, 0.4) is 0 Å². The van der Waals surface area contributed by atoms with Crippen molar-refractivity contribution in [1.29, 1.82) is 0 Å². The van der Waals surface area contributed by atoms with Crippen LogP contribution in [0, 0.1) is 5.82 Å². The third-order valence-electron chi connectivity index (χ3n) is 6.49. The largest absolute Gasteiger partial charge is 0.472 e. The Morgan fingerprint density at radius 1 is 1.00 bits per heavy atom. The van der Waals surface area contributed by atoms with Gasteiger partial charge in [0.2, 0.25) is 5.91 Å². The smallest absolute Gasteiger partial charge is 0.228 e. The predicted octanol–water partition coefficient (Wildman–Crippen LogP) is 5.54. The van der Waals surface area contributed by atoms with Crippen LogP contribution in [-0.4, -0.2) is 41.0 Å². The zero-order chi connectivity index (χ0) is 27.1. The molecule has 0 radical (unpaired) electrons. The van der Waals surface area contributed by atoms with E-state index < -0.39 is 5.82 Å². The molecule has 0 saturated heterocycles. The molecule has 1 aromatic carbocycles. The molecule has 0 saturated carbocycles. The number of fused-ring (bicyclic) bond motifs is 2. The molecule has 6 heterocycles. The van der Waals surface area contributed by atoms with Crippen LogP contribution in [0.2, 0.25) is 0 Å². The maximum atomic E-state index is 16.1. The third-order valence-corrected chi connectivity index (χ3v) is 6.49. The molecule has 10 nitrogen and oxygen atoms in total. The van der Waals surface area contributed by atoms with Crippen molar-refractivity contribution >= 4 is 33.7 Å². The summed E-state index contributed by atoms with van der Waals surface area (Å²) in [5.41, 5.74) is 5.25. The topological polar surface area (TPSA) is 138 Å². The Morgan fingerprint density at radius 3 is 2.75 bits per heavy atom. The fourth-order valence-corrected chi connectivity index (χ4v) is 4.63. The van der Waals surface area contributed by atoms with Gasteiger partial charge in [0.25, 0.3) is 0 Å². The summed E-state index contributed by atoms with van der Waals surface area (Å²) in [6.45, 7) is 0. The van der Waals surface area contributed by atoms with Crippen LogP contribution in [-0.2, 0) is 11.2 Å². The number of hydrogen-bond acceptors (Lipinski definition) is 7. The molecule has 3 N–H and O–H groups in total. The quantitative estimate of drug-likeness (QED) is 0.257. The first kappa shape index (κ1) is 23.4. The van der Waals surface area contributed by atoms with Gasteiger partial charge in [0, 0.05) is 35.3 Å². The van der Waals surface area contributed by atoms with Gasteiger partial charge in [0.1, 0.15) is 22.7 Å². The van der Waals surface area contributed by atoms with Crippen LogP contribution >= 0.6 is 0 Å². The first-order valence-corrected chi connectivity index (χ1v) is 12.3. The molecular weight excluding hydrogens is 511 g/mol. The Bertz CT molecular complexity index is 2000. The number of carbonyl (C=O) groups is 1. The van der Waals surface area contributed by atoms with Crippen LogP contribution in [0.1, 0.15) is 5.56 Å². The fraction of sp³-hybridized carbons (Fsp3) is 0.0345. The molecule has 0 fully saturated rings. The summed E-state index contributed by atoms with van der Waals surface area (Å²) in [4.78, 5) is 33.5. The van der Waals surface area contributed by atoms with E-state index >= 15 is 4.39 Å². The van der Waals surface area contributed by atoms with E-state index in [1.54, 1.807) is 36.9 Å². The van der Waals surface area contributed by atoms with E-state index in [0.717, 1.165) is 11.1 Å². The Kier molecular flexibility index (Phi) is 5.59. The average molecular weight is 531 g/mol. The van der Waals surface area contributed by atoms with E-state index in [1.807, 2.05) is 30.3 Å². The highest BCUT2D eigenvalue weighted by molar-refractivity contribution is 5.97. The standard InChI is InChI=1S/C29H19FN8O2/c30-24-20(18-11-19(13-31-12-18)34-22(39)10-16-4-2-1-3-5-16)14-33-28-23(24)27(37-38-28)29-35-21-6-8-32-25(26(21)36-29)17-7-9-40-15-17/h1-9,11-15H,10H2,(H,34,39)(H,35,36)(H,33,37,38). The summed E-state index contributed by atoms with van der Waals surface area (Å²) in [7, 11) is 0. The number of nitrogens with one attached hydrogen (secondary N) is 3. The Balaban J connectivity index is 1.24. The normalized spacial score (nSPS) is 11.3. The SMILES string of the molecule is O=C(Cc1ccccc1)Nc1cncc(-c2cnc3[nH]nc(-c4nc5c(-c6ccoc6)nccc5[nH]4)c3c2F)c1. The number of hydrogen-bond donors (Lipinski definition) is 3. The molecule has 0 atom stereocenters. The van der Waals surface area contributed by atoms with E-state index in [-0.39, 0.29) is 34.6 Å². The van der Waals surface area contributed by atoms with Crippen LogP contribution in [0.15, 0.2) is 90.3 Å². The third kappa shape index (κ3) is 4.15. The van der Waals surface area contributed by atoms with Crippen molar-refractivity contribution < 1.29 is 13.6 Å². The van der Waals surface area contributed by atoms with Gasteiger partial charge >= 0.3 is 0 Å². The summed E-state index contributed by atoms with van der Waals surface area (Å²) >= 11 is 0. The molecule has 0 aliphatic heterocycles. The minimum Gasteiger partial charge on any atom is -0.472 e. The van der Waals surface area contributed by atoms with E-state index in [0.29, 0.717) is 33.8 Å². The van der Waals surface area contributed by atoms with Crippen LogP contribution in [0.5, 0.6) is 0 Å². The number of carbonyl (C=O) groups excluding carboxylic acids is 1. The molecule has 194 valence electrons. The van der Waals surface area contributed by atoms with Crippen LogP contribution < -0.4 is 5.32 Å². The minimum atomic E-state index is -0.544. The lowest BCUT2D eigenvalue weighted by molar-refractivity contribution is -0.115. The maximum absolute atomic E-state index is 16.1. The van der Waals surface area contributed by atoms with Crippen LogP contribution in [0.25, 0.3) is 56.0 Å². The van der Waals surface area contributed by atoms with Crippen molar-refractivity contribution in [2.45, 2.75) is 6.42 Å². The zero-order valence-corrected chi connectivity index (χ0v) is 20.7. The molecule has 0 bridgehead atoms. The molecule has 1 amide bonds. The monoisotopic (exact) mass is 530 g/mol. The number of furan rings is 1. The van der Waals surface area contributed by atoms with Gasteiger partial charge in [0.05, 0.1) is 41.7 Å². The molecule has 40 heavy (non-hydrogen) atoms. The predicted molar refractivity (Wildman–Crippen MR) is 146 cm³/mol. The summed E-state index contributed by atoms with van der Waals surface area (Å²) < 4.78 is 21.3. The molecule has 0 unspecified atom stereocenters. The second-order valence-electron chi connectivity index (χ2n) is 9.11. The Labute approximate surface area is 225 Å². The highest BCUT2D eigenvalue weighted by Gasteiger charge is 2.22. The molecule has 7 aromatic rings. The number of nitrogens with zero attached hydrogens (tertiary/aromatic N) is 5. The molecule has 11 heteroatoms. The van der Waals surface area contributed by atoms with Gasteiger partial charge in [-0.15, -0.1) is 0 Å². The molecule has 6 aromatic heterocycles. The number of benzene rings is 1. The van der Waals surface area contributed by atoms with E-state index in [1.165, 1.54) is 18.6 Å². The van der Waals surface area contributed by atoms with Crippen LogP contribution in [0.4, 0.5) is 10.1 Å². The van der Waals surface area contributed by atoms with Crippen molar-refractivity contribution in [2.75, 3.05) is 5.32 Å². The van der Waals surface area contributed by atoms with Gasteiger partial charge < -0.3 is 14.7 Å². The first-order valence-electron chi connectivity index (χ1n) is 12.3. The van der Waals surface area contributed by atoms with Crippen molar-refractivity contribution in [3.63, 3.8) is 0 Å². The Hall–Kier alpha value is -5.71. The molecule has 7 rings (SSSR count). The number of rotatable bonds is 6. The number of halogens is 1. The fourth-order valence-electron chi connectivity index (χ4n) is 4.63.